The smallest absolute Gasteiger partial charge is 0.203 e. The molecule has 0 heterocycles. The lowest BCUT2D eigenvalue weighted by molar-refractivity contribution is -0.142. The lowest BCUT2D eigenvalue weighted by atomic mass is 10.3. The van der Waals surface area contributed by atoms with Crippen LogP contribution < -0.4 is 14.2 Å². The van der Waals surface area contributed by atoms with Gasteiger partial charge in [0.1, 0.15) is 0 Å². The first-order valence-corrected chi connectivity index (χ1v) is 6.83. The van der Waals surface area contributed by atoms with Crippen LogP contribution in [0.4, 0.5) is 0 Å². The van der Waals surface area contributed by atoms with Crippen LogP contribution in [0.2, 0.25) is 0 Å². The number of para-hydroxylation sites is 1. The lowest BCUT2D eigenvalue weighted by Gasteiger charge is -2.18. The van der Waals surface area contributed by atoms with Gasteiger partial charge < -0.3 is 23.7 Å². The molecule has 114 valence electrons. The van der Waals surface area contributed by atoms with Crippen molar-refractivity contribution in [3.63, 3.8) is 0 Å². The van der Waals surface area contributed by atoms with Crippen LogP contribution in [0.3, 0.4) is 0 Å². The molecule has 0 fully saturated rings. The maximum atomic E-state index is 5.76. The van der Waals surface area contributed by atoms with Crippen LogP contribution in [-0.2, 0) is 9.47 Å². The zero-order valence-corrected chi connectivity index (χ0v) is 12.7. The number of hydrogen-bond donors (Lipinski definition) is 0. The van der Waals surface area contributed by atoms with E-state index in [1.165, 1.54) is 0 Å². The minimum absolute atomic E-state index is 0.245. The van der Waals surface area contributed by atoms with Crippen LogP contribution in [0.5, 0.6) is 17.2 Å². The Kier molecular flexibility index (Phi) is 7.84. The fraction of sp³-hybridized carbons (Fsp3) is 0.600. The maximum Gasteiger partial charge on any atom is 0.203 e. The van der Waals surface area contributed by atoms with E-state index in [2.05, 4.69) is 0 Å². The normalized spacial score (nSPS) is 10.7. The quantitative estimate of drug-likeness (QED) is 0.618. The van der Waals surface area contributed by atoms with Crippen LogP contribution in [0.25, 0.3) is 0 Å². The zero-order valence-electron chi connectivity index (χ0n) is 12.7. The number of rotatable bonds is 10. The molecule has 0 amide bonds. The van der Waals surface area contributed by atoms with E-state index in [0.717, 1.165) is 0 Å². The average Bonchev–Trinajstić information content (AvgIpc) is 2.47. The van der Waals surface area contributed by atoms with Gasteiger partial charge in [-0.15, -0.1) is 0 Å². The fourth-order valence-corrected chi connectivity index (χ4v) is 1.80. The molecule has 0 unspecified atom stereocenters. The van der Waals surface area contributed by atoms with Gasteiger partial charge in [-0.25, -0.2) is 0 Å². The van der Waals surface area contributed by atoms with Gasteiger partial charge in [-0.05, 0) is 26.0 Å². The monoisotopic (exact) mass is 284 g/mol. The highest BCUT2D eigenvalue weighted by Crippen LogP contribution is 2.36. The van der Waals surface area contributed by atoms with Crippen LogP contribution in [0, 0.1) is 0 Å². The molecule has 0 saturated heterocycles. The van der Waals surface area contributed by atoms with Crippen molar-refractivity contribution in [1.29, 1.82) is 0 Å². The molecule has 0 saturated carbocycles. The molecule has 1 aromatic rings. The molecular formula is C15H24O5. The molecule has 5 heteroatoms. The second-order valence-electron chi connectivity index (χ2n) is 3.97. The van der Waals surface area contributed by atoms with E-state index < -0.39 is 0 Å². The Morgan fingerprint density at radius 2 is 1.50 bits per heavy atom. The van der Waals surface area contributed by atoms with Crippen molar-refractivity contribution in [2.75, 3.05) is 34.0 Å². The number of benzene rings is 1. The van der Waals surface area contributed by atoms with E-state index in [1.807, 2.05) is 32.0 Å². The third kappa shape index (κ3) is 4.90. The maximum absolute atomic E-state index is 5.76. The van der Waals surface area contributed by atoms with Crippen LogP contribution in [-0.4, -0.2) is 40.3 Å². The molecule has 0 aliphatic rings. The summed E-state index contributed by atoms with van der Waals surface area (Å²) < 4.78 is 27.2. The van der Waals surface area contributed by atoms with Gasteiger partial charge in [0.15, 0.2) is 17.8 Å². The van der Waals surface area contributed by atoms with Gasteiger partial charge in [-0.2, -0.15) is 0 Å². The molecule has 0 aromatic heterocycles. The Bertz CT molecular complexity index is 352. The largest absolute Gasteiger partial charge is 0.493 e. The molecular weight excluding hydrogens is 260 g/mol. The minimum Gasteiger partial charge on any atom is -0.493 e. The summed E-state index contributed by atoms with van der Waals surface area (Å²) in [6, 6.07) is 5.52. The molecule has 0 spiro atoms. The van der Waals surface area contributed by atoms with E-state index >= 15 is 0 Å². The van der Waals surface area contributed by atoms with Crippen LogP contribution >= 0.6 is 0 Å². The van der Waals surface area contributed by atoms with E-state index in [0.29, 0.717) is 43.5 Å². The van der Waals surface area contributed by atoms with E-state index in [9.17, 15) is 0 Å². The first kappa shape index (κ1) is 16.6. The molecule has 0 N–H and O–H groups in total. The van der Waals surface area contributed by atoms with Gasteiger partial charge in [0.05, 0.1) is 20.8 Å². The second kappa shape index (κ2) is 9.44. The summed E-state index contributed by atoms with van der Waals surface area (Å²) in [5, 5.41) is 0. The molecule has 0 aliphatic heterocycles. The van der Waals surface area contributed by atoms with Crippen molar-refractivity contribution < 1.29 is 23.7 Å². The molecule has 0 radical (unpaired) electrons. The summed E-state index contributed by atoms with van der Waals surface area (Å²) in [6.45, 7) is 5.57. The first-order chi connectivity index (χ1) is 9.76. The Morgan fingerprint density at radius 3 is 1.95 bits per heavy atom. The zero-order chi connectivity index (χ0) is 14.8. The van der Waals surface area contributed by atoms with Gasteiger partial charge in [-0.3, -0.25) is 0 Å². The van der Waals surface area contributed by atoms with E-state index in [1.54, 1.807) is 14.2 Å². The van der Waals surface area contributed by atoms with E-state index in [4.69, 9.17) is 23.7 Å². The Morgan fingerprint density at radius 1 is 0.950 bits per heavy atom. The summed E-state index contributed by atoms with van der Waals surface area (Å²) in [5.41, 5.74) is 0. The predicted molar refractivity (Wildman–Crippen MR) is 76.7 cm³/mol. The molecule has 0 bridgehead atoms. The summed E-state index contributed by atoms with van der Waals surface area (Å²) in [5.74, 6) is 1.90. The van der Waals surface area contributed by atoms with Gasteiger partial charge in [0.25, 0.3) is 0 Å². The molecule has 1 aromatic carbocycles. The van der Waals surface area contributed by atoms with Gasteiger partial charge in [-0.1, -0.05) is 6.07 Å². The Labute approximate surface area is 120 Å². The average molecular weight is 284 g/mol. The molecule has 1 rings (SSSR count). The molecule has 5 nitrogen and oxygen atoms in total. The summed E-state index contributed by atoms with van der Waals surface area (Å²) >= 11 is 0. The van der Waals surface area contributed by atoms with Crippen molar-refractivity contribution in [3.8, 4) is 17.2 Å². The fourth-order valence-electron chi connectivity index (χ4n) is 1.80. The topological polar surface area (TPSA) is 46.2 Å². The van der Waals surface area contributed by atoms with E-state index in [-0.39, 0.29) is 6.29 Å². The highest BCUT2D eigenvalue weighted by molar-refractivity contribution is 5.51. The standard InChI is InChI=1S/C15H24O5/c1-5-18-14(19-6-2)10-11-20-15-12(16-3)8-7-9-13(15)17-4/h7-9,14H,5-6,10-11H2,1-4H3. The van der Waals surface area contributed by atoms with Crippen LogP contribution in [0.15, 0.2) is 18.2 Å². The van der Waals surface area contributed by atoms with Crippen molar-refractivity contribution >= 4 is 0 Å². The molecule has 20 heavy (non-hydrogen) atoms. The minimum atomic E-state index is -0.245. The van der Waals surface area contributed by atoms with Crippen molar-refractivity contribution in [1.82, 2.24) is 0 Å². The van der Waals surface area contributed by atoms with Crippen molar-refractivity contribution in [3.05, 3.63) is 18.2 Å². The highest BCUT2D eigenvalue weighted by atomic mass is 16.7. The third-order valence-corrected chi connectivity index (χ3v) is 2.69. The number of hydrogen-bond acceptors (Lipinski definition) is 5. The molecule has 0 atom stereocenters. The summed E-state index contributed by atoms with van der Waals surface area (Å²) in [7, 11) is 3.20. The van der Waals surface area contributed by atoms with Crippen molar-refractivity contribution in [2.45, 2.75) is 26.6 Å². The third-order valence-electron chi connectivity index (χ3n) is 2.69. The summed E-state index contributed by atoms with van der Waals surface area (Å²) in [6.07, 6.45) is 0.397. The Hall–Kier alpha value is -1.46. The highest BCUT2D eigenvalue weighted by Gasteiger charge is 2.13. The first-order valence-electron chi connectivity index (χ1n) is 6.83. The Balaban J connectivity index is 2.60. The lowest BCUT2D eigenvalue weighted by Crippen LogP contribution is -2.20. The van der Waals surface area contributed by atoms with Gasteiger partial charge in [0.2, 0.25) is 5.75 Å². The molecule has 0 aliphatic carbocycles. The predicted octanol–water partition coefficient (Wildman–Crippen LogP) is 2.87. The SMILES string of the molecule is CCOC(CCOc1c(OC)cccc1OC)OCC. The second-order valence-corrected chi connectivity index (χ2v) is 3.97. The van der Waals surface area contributed by atoms with Crippen molar-refractivity contribution in [2.24, 2.45) is 0 Å². The number of ether oxygens (including phenoxy) is 5. The van der Waals surface area contributed by atoms with Gasteiger partial charge in [0, 0.05) is 19.6 Å². The number of methoxy groups -OCH3 is 2. The van der Waals surface area contributed by atoms with Gasteiger partial charge >= 0.3 is 0 Å². The van der Waals surface area contributed by atoms with Crippen LogP contribution in [0.1, 0.15) is 20.3 Å². The summed E-state index contributed by atoms with van der Waals surface area (Å²) in [4.78, 5) is 0.